The average molecular weight is 415 g/mol. The first-order valence-electron chi connectivity index (χ1n) is 8.97. The number of hydrogen-bond donors (Lipinski definition) is 1. The first-order chi connectivity index (χ1) is 13.9. The van der Waals surface area contributed by atoms with Crippen molar-refractivity contribution in [3.05, 3.63) is 89.7 Å². The fourth-order valence-electron chi connectivity index (χ4n) is 3.05. The highest BCUT2D eigenvalue weighted by atomic mass is 32.2. The lowest BCUT2D eigenvalue weighted by Crippen LogP contribution is -2.30. The molecule has 0 aliphatic heterocycles. The van der Waals surface area contributed by atoms with Gasteiger partial charge in [-0.1, -0.05) is 60.7 Å². The fraction of sp³-hybridized carbons (Fsp3) is 0.182. The van der Waals surface area contributed by atoms with E-state index in [9.17, 15) is 12.8 Å². The van der Waals surface area contributed by atoms with E-state index in [0.29, 0.717) is 6.42 Å². The SMILES string of the molecule is COc1cc(F)c(S(=O)(=O)NC(Cc2ccccc2)c2ccccc2)cc1OC. The summed E-state index contributed by atoms with van der Waals surface area (Å²) in [5, 5.41) is 0. The second-order valence-corrected chi connectivity index (χ2v) is 8.09. The Morgan fingerprint density at radius 2 is 1.45 bits per heavy atom. The average Bonchev–Trinajstić information content (AvgIpc) is 2.74. The number of ether oxygens (including phenoxy) is 2. The molecule has 0 radical (unpaired) electrons. The van der Waals surface area contributed by atoms with Gasteiger partial charge in [-0.15, -0.1) is 0 Å². The minimum absolute atomic E-state index is 0.118. The molecule has 29 heavy (non-hydrogen) atoms. The maximum atomic E-state index is 14.6. The van der Waals surface area contributed by atoms with E-state index in [1.54, 1.807) is 0 Å². The van der Waals surface area contributed by atoms with Crippen molar-refractivity contribution in [2.45, 2.75) is 17.4 Å². The quantitative estimate of drug-likeness (QED) is 0.602. The molecule has 0 aliphatic carbocycles. The van der Waals surface area contributed by atoms with Crippen molar-refractivity contribution >= 4 is 10.0 Å². The summed E-state index contributed by atoms with van der Waals surface area (Å²) in [5.41, 5.74) is 1.73. The zero-order valence-electron chi connectivity index (χ0n) is 16.1. The van der Waals surface area contributed by atoms with Gasteiger partial charge in [-0.25, -0.2) is 17.5 Å². The first kappa shape index (κ1) is 20.8. The minimum Gasteiger partial charge on any atom is -0.493 e. The van der Waals surface area contributed by atoms with E-state index >= 15 is 0 Å². The van der Waals surface area contributed by atoms with Gasteiger partial charge >= 0.3 is 0 Å². The lowest BCUT2D eigenvalue weighted by molar-refractivity contribution is 0.350. The van der Waals surface area contributed by atoms with Crippen LogP contribution >= 0.6 is 0 Å². The molecule has 3 rings (SSSR count). The van der Waals surface area contributed by atoms with Crippen LogP contribution in [0.25, 0.3) is 0 Å². The zero-order chi connectivity index (χ0) is 20.9. The zero-order valence-corrected chi connectivity index (χ0v) is 16.9. The van der Waals surface area contributed by atoms with Gasteiger partial charge in [0.05, 0.1) is 20.3 Å². The van der Waals surface area contributed by atoms with Crippen LogP contribution in [0.2, 0.25) is 0 Å². The molecule has 3 aromatic rings. The Morgan fingerprint density at radius 3 is 2.03 bits per heavy atom. The standard InChI is InChI=1S/C22H22FNO4S/c1-27-20-14-18(23)22(15-21(20)28-2)29(25,26)24-19(17-11-7-4-8-12-17)13-16-9-5-3-6-10-16/h3-12,14-15,19,24H,13H2,1-2H3. The van der Waals surface area contributed by atoms with E-state index in [4.69, 9.17) is 9.47 Å². The predicted molar refractivity (Wildman–Crippen MR) is 109 cm³/mol. The summed E-state index contributed by atoms with van der Waals surface area (Å²) in [6.45, 7) is 0. The van der Waals surface area contributed by atoms with Gasteiger partial charge < -0.3 is 9.47 Å². The van der Waals surface area contributed by atoms with Crippen LogP contribution in [0.5, 0.6) is 11.5 Å². The fourth-order valence-corrected chi connectivity index (χ4v) is 4.35. The lowest BCUT2D eigenvalue weighted by Gasteiger charge is -2.20. The van der Waals surface area contributed by atoms with E-state index in [0.717, 1.165) is 23.3 Å². The van der Waals surface area contributed by atoms with Crippen LogP contribution in [-0.4, -0.2) is 22.6 Å². The Labute approximate surface area is 170 Å². The number of nitrogens with one attached hydrogen (secondary N) is 1. The molecular weight excluding hydrogens is 393 g/mol. The van der Waals surface area contributed by atoms with E-state index in [2.05, 4.69) is 4.72 Å². The molecule has 0 heterocycles. The number of hydrogen-bond acceptors (Lipinski definition) is 4. The summed E-state index contributed by atoms with van der Waals surface area (Å²) < 4.78 is 53.5. The molecule has 3 aromatic carbocycles. The Bertz CT molecular complexity index is 1060. The molecule has 5 nitrogen and oxygen atoms in total. The van der Waals surface area contributed by atoms with Gasteiger partial charge in [-0.05, 0) is 17.5 Å². The van der Waals surface area contributed by atoms with Crippen molar-refractivity contribution in [2.75, 3.05) is 14.2 Å². The summed E-state index contributed by atoms with van der Waals surface area (Å²) in [6.07, 6.45) is 0.416. The van der Waals surface area contributed by atoms with Gasteiger partial charge in [0.25, 0.3) is 0 Å². The number of rotatable bonds is 8. The van der Waals surface area contributed by atoms with Crippen molar-refractivity contribution in [1.82, 2.24) is 4.72 Å². The van der Waals surface area contributed by atoms with Crippen molar-refractivity contribution in [2.24, 2.45) is 0 Å². The summed E-state index contributed by atoms with van der Waals surface area (Å²) in [6, 6.07) is 20.2. The number of sulfonamides is 1. The lowest BCUT2D eigenvalue weighted by atomic mass is 10.00. The van der Waals surface area contributed by atoms with Gasteiger partial charge in [0, 0.05) is 12.1 Å². The largest absolute Gasteiger partial charge is 0.493 e. The molecule has 0 spiro atoms. The molecule has 0 aliphatic rings. The molecule has 0 aromatic heterocycles. The molecule has 0 saturated heterocycles. The van der Waals surface area contributed by atoms with Crippen LogP contribution in [0.4, 0.5) is 4.39 Å². The molecule has 0 bridgehead atoms. The molecule has 0 saturated carbocycles. The highest BCUT2D eigenvalue weighted by Gasteiger charge is 2.26. The maximum absolute atomic E-state index is 14.6. The Kier molecular flexibility index (Phi) is 6.51. The van der Waals surface area contributed by atoms with Crippen molar-refractivity contribution in [3.8, 4) is 11.5 Å². The van der Waals surface area contributed by atoms with Crippen LogP contribution < -0.4 is 14.2 Å². The maximum Gasteiger partial charge on any atom is 0.244 e. The van der Waals surface area contributed by atoms with E-state index < -0.39 is 26.8 Å². The molecule has 1 atom stereocenters. The third-order valence-electron chi connectivity index (χ3n) is 4.51. The van der Waals surface area contributed by atoms with Crippen LogP contribution in [-0.2, 0) is 16.4 Å². The molecule has 152 valence electrons. The topological polar surface area (TPSA) is 64.6 Å². The Morgan fingerprint density at radius 1 is 0.897 bits per heavy atom. The van der Waals surface area contributed by atoms with Crippen molar-refractivity contribution < 1.29 is 22.3 Å². The number of methoxy groups -OCH3 is 2. The van der Waals surface area contributed by atoms with Crippen LogP contribution in [0.1, 0.15) is 17.2 Å². The third-order valence-corrected chi connectivity index (χ3v) is 6.00. The van der Waals surface area contributed by atoms with Gasteiger partial charge in [-0.2, -0.15) is 0 Å². The van der Waals surface area contributed by atoms with E-state index in [1.165, 1.54) is 14.2 Å². The molecule has 7 heteroatoms. The normalized spacial score (nSPS) is 12.4. The summed E-state index contributed by atoms with van der Waals surface area (Å²) in [7, 11) is -1.46. The predicted octanol–water partition coefficient (Wildman–Crippen LogP) is 4.11. The minimum atomic E-state index is -4.18. The van der Waals surface area contributed by atoms with Crippen LogP contribution in [0.3, 0.4) is 0 Å². The third kappa shape index (κ3) is 4.93. The second-order valence-electron chi connectivity index (χ2n) is 6.41. The number of benzene rings is 3. The first-order valence-corrected chi connectivity index (χ1v) is 10.5. The van der Waals surface area contributed by atoms with Gasteiger partial charge in [0.2, 0.25) is 10.0 Å². The molecule has 1 N–H and O–H groups in total. The Hall–Kier alpha value is -2.90. The summed E-state index contributed by atoms with van der Waals surface area (Å²) in [5.74, 6) is -0.664. The van der Waals surface area contributed by atoms with E-state index in [-0.39, 0.29) is 11.5 Å². The monoisotopic (exact) mass is 415 g/mol. The molecule has 0 fully saturated rings. The van der Waals surface area contributed by atoms with Crippen LogP contribution in [0.15, 0.2) is 77.7 Å². The van der Waals surface area contributed by atoms with Gasteiger partial charge in [-0.3, -0.25) is 0 Å². The highest BCUT2D eigenvalue weighted by molar-refractivity contribution is 7.89. The molecule has 0 amide bonds. The summed E-state index contributed by atoms with van der Waals surface area (Å²) in [4.78, 5) is -0.496. The summed E-state index contributed by atoms with van der Waals surface area (Å²) >= 11 is 0. The Balaban J connectivity index is 1.98. The highest BCUT2D eigenvalue weighted by Crippen LogP contribution is 2.32. The number of halogens is 1. The van der Waals surface area contributed by atoms with Crippen LogP contribution in [0, 0.1) is 5.82 Å². The van der Waals surface area contributed by atoms with Gasteiger partial charge in [0.1, 0.15) is 10.7 Å². The van der Waals surface area contributed by atoms with Crippen molar-refractivity contribution in [3.63, 3.8) is 0 Å². The van der Waals surface area contributed by atoms with E-state index in [1.807, 2.05) is 60.7 Å². The molecular formula is C22H22FNO4S. The smallest absolute Gasteiger partial charge is 0.244 e. The van der Waals surface area contributed by atoms with Crippen molar-refractivity contribution in [1.29, 1.82) is 0 Å². The second kappa shape index (κ2) is 9.07. The van der Waals surface area contributed by atoms with Gasteiger partial charge in [0.15, 0.2) is 11.5 Å². The molecule has 1 unspecified atom stereocenters.